The van der Waals surface area contributed by atoms with Gasteiger partial charge in [-0.15, -0.1) is 0 Å². The number of hydrogen-bond acceptors (Lipinski definition) is 3. The molecule has 1 aliphatic rings. The minimum atomic E-state index is -0.302. The van der Waals surface area contributed by atoms with Gasteiger partial charge in [-0.3, -0.25) is 9.59 Å². The van der Waals surface area contributed by atoms with Crippen molar-refractivity contribution in [2.45, 2.75) is 25.7 Å². The van der Waals surface area contributed by atoms with Gasteiger partial charge in [0.2, 0.25) is 0 Å². The van der Waals surface area contributed by atoms with Crippen LogP contribution in [-0.4, -0.2) is 11.8 Å². The number of carbonyl (C=O) groups excluding carboxylic acids is 2. The maximum atomic E-state index is 13.5. The zero-order chi connectivity index (χ0) is 21.4. The molecule has 150 valence electrons. The monoisotopic (exact) mass is 433 g/mol. The highest BCUT2D eigenvalue weighted by atomic mass is 35.5. The van der Waals surface area contributed by atoms with E-state index in [-0.39, 0.29) is 11.8 Å². The Hall–Kier alpha value is -2.82. The van der Waals surface area contributed by atoms with Gasteiger partial charge in [-0.2, -0.15) is 0 Å². The zero-order valence-electron chi connectivity index (χ0n) is 16.9. The highest BCUT2D eigenvalue weighted by molar-refractivity contribution is 8.04. The van der Waals surface area contributed by atoms with E-state index in [1.54, 1.807) is 12.1 Å². The normalized spacial score (nSPS) is 14.1. The quantitative estimate of drug-likeness (QED) is 0.450. The van der Waals surface area contributed by atoms with Gasteiger partial charge >= 0.3 is 0 Å². The number of nitrogens with zero attached hydrogens (tertiary/aromatic N) is 1. The summed E-state index contributed by atoms with van der Waals surface area (Å²) in [5.74, 6) is -0.599. The molecule has 0 fully saturated rings. The minimum absolute atomic E-state index is 0.297. The van der Waals surface area contributed by atoms with Crippen LogP contribution < -0.4 is 4.90 Å². The summed E-state index contributed by atoms with van der Waals surface area (Å²) in [6.45, 7) is 5.90. The van der Waals surface area contributed by atoms with Gasteiger partial charge in [0.25, 0.3) is 11.8 Å². The van der Waals surface area contributed by atoms with Crippen LogP contribution in [0.3, 0.4) is 0 Å². The molecule has 3 aromatic carbocycles. The molecule has 1 aliphatic heterocycles. The van der Waals surface area contributed by atoms with Crippen molar-refractivity contribution in [1.29, 1.82) is 0 Å². The summed E-state index contributed by atoms with van der Waals surface area (Å²) < 4.78 is 0. The molecule has 0 aliphatic carbocycles. The Morgan fingerprint density at radius 2 is 1.47 bits per heavy atom. The SMILES string of the molecule is Cc1ccc(C2=C(Sc3ccc(Cl)cc3)C(=O)N(c3cccc(C)c3C)C2=O)cc1. The second-order valence-corrected chi connectivity index (χ2v) is 8.81. The van der Waals surface area contributed by atoms with Crippen LogP contribution in [0.5, 0.6) is 0 Å². The van der Waals surface area contributed by atoms with Crippen LogP contribution in [0.2, 0.25) is 5.02 Å². The molecule has 0 N–H and O–H groups in total. The Morgan fingerprint density at radius 1 is 0.800 bits per heavy atom. The van der Waals surface area contributed by atoms with Gasteiger partial charge in [0, 0.05) is 9.92 Å². The first kappa shape index (κ1) is 20.5. The predicted octanol–water partition coefficient (Wildman–Crippen LogP) is 6.34. The molecule has 0 unspecified atom stereocenters. The first-order chi connectivity index (χ1) is 14.4. The van der Waals surface area contributed by atoms with Crippen LogP contribution in [0.25, 0.3) is 5.57 Å². The number of hydrogen-bond donors (Lipinski definition) is 0. The number of carbonyl (C=O) groups is 2. The third-order valence-electron chi connectivity index (χ3n) is 5.23. The summed E-state index contributed by atoms with van der Waals surface area (Å²) in [5.41, 5.74) is 4.84. The van der Waals surface area contributed by atoms with Gasteiger partial charge in [0.1, 0.15) is 0 Å². The van der Waals surface area contributed by atoms with Crippen LogP contribution in [0.15, 0.2) is 76.5 Å². The molecule has 0 radical (unpaired) electrons. The maximum Gasteiger partial charge on any atom is 0.272 e. The highest BCUT2D eigenvalue weighted by Gasteiger charge is 2.41. The largest absolute Gasteiger partial charge is 0.272 e. The van der Waals surface area contributed by atoms with E-state index in [9.17, 15) is 9.59 Å². The second kappa shape index (κ2) is 8.13. The zero-order valence-corrected chi connectivity index (χ0v) is 18.5. The molecule has 0 saturated heterocycles. The van der Waals surface area contributed by atoms with Crippen LogP contribution in [0.4, 0.5) is 5.69 Å². The maximum absolute atomic E-state index is 13.5. The number of halogens is 1. The van der Waals surface area contributed by atoms with Crippen LogP contribution >= 0.6 is 23.4 Å². The van der Waals surface area contributed by atoms with Crippen molar-refractivity contribution in [3.8, 4) is 0 Å². The van der Waals surface area contributed by atoms with Gasteiger partial charge in [0.05, 0.1) is 16.2 Å². The lowest BCUT2D eigenvalue weighted by Gasteiger charge is -2.19. The van der Waals surface area contributed by atoms with Crippen molar-refractivity contribution in [2.24, 2.45) is 0 Å². The lowest BCUT2D eigenvalue weighted by molar-refractivity contribution is -0.119. The van der Waals surface area contributed by atoms with E-state index >= 15 is 0 Å². The topological polar surface area (TPSA) is 37.4 Å². The Balaban J connectivity index is 1.84. The molecule has 0 saturated carbocycles. The smallest absolute Gasteiger partial charge is 0.268 e. The van der Waals surface area contributed by atoms with Gasteiger partial charge in [-0.1, -0.05) is 65.3 Å². The first-order valence-electron chi connectivity index (χ1n) is 9.56. The predicted molar refractivity (Wildman–Crippen MR) is 124 cm³/mol. The van der Waals surface area contributed by atoms with E-state index in [4.69, 9.17) is 11.6 Å². The van der Waals surface area contributed by atoms with Gasteiger partial charge < -0.3 is 0 Å². The Kier molecular flexibility index (Phi) is 5.54. The molecule has 0 atom stereocenters. The Bertz CT molecular complexity index is 1180. The summed E-state index contributed by atoms with van der Waals surface area (Å²) in [6, 6.07) is 20.6. The average molecular weight is 434 g/mol. The Morgan fingerprint density at radius 3 is 2.13 bits per heavy atom. The van der Waals surface area contributed by atoms with Gasteiger partial charge in [-0.05, 0) is 67.8 Å². The molecule has 30 heavy (non-hydrogen) atoms. The van der Waals surface area contributed by atoms with E-state index < -0.39 is 0 Å². The van der Waals surface area contributed by atoms with Crippen molar-refractivity contribution in [2.75, 3.05) is 4.90 Å². The number of aryl methyl sites for hydroxylation is 2. The van der Waals surface area contributed by atoms with E-state index in [2.05, 4.69) is 0 Å². The summed E-state index contributed by atoms with van der Waals surface area (Å²) in [5, 5.41) is 0.623. The van der Waals surface area contributed by atoms with Crippen LogP contribution in [-0.2, 0) is 9.59 Å². The van der Waals surface area contributed by atoms with Crippen LogP contribution in [0, 0.1) is 20.8 Å². The van der Waals surface area contributed by atoms with Crippen molar-refractivity contribution >= 4 is 46.4 Å². The molecule has 0 spiro atoms. The van der Waals surface area contributed by atoms with E-state index in [0.717, 1.165) is 27.1 Å². The van der Waals surface area contributed by atoms with Gasteiger partial charge in [-0.25, -0.2) is 4.90 Å². The average Bonchev–Trinajstić information content (AvgIpc) is 2.96. The number of rotatable bonds is 4. The molecule has 3 nitrogen and oxygen atoms in total. The standard InChI is InChI=1S/C25H20ClNO2S/c1-15-7-9-18(10-8-15)22-23(30-20-13-11-19(26)12-14-20)25(29)27(24(22)28)21-6-4-5-16(2)17(21)3/h4-14H,1-3H3. The molecule has 5 heteroatoms. The number of benzene rings is 3. The summed E-state index contributed by atoms with van der Waals surface area (Å²) in [7, 11) is 0. The molecule has 0 bridgehead atoms. The molecule has 2 amide bonds. The number of anilines is 1. The Labute approximate surface area is 185 Å². The fourth-order valence-corrected chi connectivity index (χ4v) is 4.52. The fourth-order valence-electron chi connectivity index (χ4n) is 3.40. The third kappa shape index (κ3) is 3.69. The molecular formula is C25H20ClNO2S. The van der Waals surface area contributed by atoms with Gasteiger partial charge in [0.15, 0.2) is 0 Å². The molecule has 1 heterocycles. The fraction of sp³-hybridized carbons (Fsp3) is 0.120. The molecule has 4 rings (SSSR count). The van der Waals surface area contributed by atoms with Crippen molar-refractivity contribution in [3.05, 3.63) is 98.9 Å². The number of amides is 2. The number of imide groups is 1. The van der Waals surface area contributed by atoms with Crippen molar-refractivity contribution in [3.63, 3.8) is 0 Å². The summed E-state index contributed by atoms with van der Waals surface area (Å²) in [6.07, 6.45) is 0. The molecule has 0 aromatic heterocycles. The molecular weight excluding hydrogens is 414 g/mol. The third-order valence-corrected chi connectivity index (χ3v) is 6.57. The molecule has 3 aromatic rings. The van der Waals surface area contributed by atoms with Crippen molar-refractivity contribution in [1.82, 2.24) is 0 Å². The summed E-state index contributed by atoms with van der Waals surface area (Å²) >= 11 is 7.30. The summed E-state index contributed by atoms with van der Waals surface area (Å²) in [4.78, 5) is 29.6. The van der Waals surface area contributed by atoms with E-state index in [1.807, 2.05) is 75.4 Å². The van der Waals surface area contributed by atoms with Crippen LogP contribution in [0.1, 0.15) is 22.3 Å². The highest BCUT2D eigenvalue weighted by Crippen LogP contribution is 2.42. The second-order valence-electron chi connectivity index (χ2n) is 7.29. The first-order valence-corrected chi connectivity index (χ1v) is 10.8. The van der Waals surface area contributed by atoms with E-state index in [1.165, 1.54) is 16.7 Å². The minimum Gasteiger partial charge on any atom is -0.268 e. The van der Waals surface area contributed by atoms with E-state index in [0.29, 0.717) is 21.2 Å². The lowest BCUT2D eigenvalue weighted by Crippen LogP contribution is -2.32. The van der Waals surface area contributed by atoms with Crippen molar-refractivity contribution < 1.29 is 9.59 Å². The number of thioether (sulfide) groups is 1. The lowest BCUT2D eigenvalue weighted by atomic mass is 10.0.